The van der Waals surface area contributed by atoms with Crippen molar-refractivity contribution in [2.45, 2.75) is 40.0 Å². The van der Waals surface area contributed by atoms with E-state index in [1.807, 2.05) is 18.4 Å². The predicted molar refractivity (Wildman–Crippen MR) is 120 cm³/mol. The summed E-state index contributed by atoms with van der Waals surface area (Å²) in [5.41, 5.74) is 4.56. The fourth-order valence-corrected chi connectivity index (χ4v) is 4.53. The van der Waals surface area contributed by atoms with Crippen molar-refractivity contribution in [1.29, 1.82) is 0 Å². The first-order chi connectivity index (χ1) is 16.3. The Morgan fingerprint density at radius 1 is 1.12 bits per heavy atom. The SMILES string of the molecule is Cc1cc(-n2c(C)cc(C(=O)COC(=O)c3nn(-c4ccc(F)cc4)c4c3CCC4)c2C)no1. The Balaban J connectivity index is 1.35. The fraction of sp³-hybridized carbons (Fsp3) is 0.280. The molecule has 0 unspecified atom stereocenters. The van der Waals surface area contributed by atoms with Gasteiger partial charge in [0, 0.05) is 34.3 Å². The quantitative estimate of drug-likeness (QED) is 0.314. The zero-order valence-electron chi connectivity index (χ0n) is 19.1. The first kappa shape index (κ1) is 21.8. The summed E-state index contributed by atoms with van der Waals surface area (Å²) in [5, 5.41) is 8.47. The summed E-state index contributed by atoms with van der Waals surface area (Å²) in [7, 11) is 0. The summed E-state index contributed by atoms with van der Waals surface area (Å²) < 4.78 is 27.3. The third-order valence-corrected chi connectivity index (χ3v) is 6.11. The number of ketones is 1. The molecular weight excluding hydrogens is 439 g/mol. The lowest BCUT2D eigenvalue weighted by Gasteiger charge is -2.06. The second kappa shape index (κ2) is 8.40. The van der Waals surface area contributed by atoms with Gasteiger partial charge in [-0.3, -0.25) is 9.36 Å². The molecule has 174 valence electrons. The van der Waals surface area contributed by atoms with E-state index in [1.165, 1.54) is 12.1 Å². The van der Waals surface area contributed by atoms with E-state index in [-0.39, 0.29) is 17.3 Å². The molecule has 9 heteroatoms. The van der Waals surface area contributed by atoms with Crippen molar-refractivity contribution in [2.75, 3.05) is 6.61 Å². The first-order valence-corrected chi connectivity index (χ1v) is 11.0. The van der Waals surface area contributed by atoms with Crippen LogP contribution >= 0.6 is 0 Å². The minimum Gasteiger partial charge on any atom is -0.453 e. The zero-order valence-corrected chi connectivity index (χ0v) is 19.1. The van der Waals surface area contributed by atoms with E-state index < -0.39 is 12.6 Å². The highest BCUT2D eigenvalue weighted by Crippen LogP contribution is 2.28. The van der Waals surface area contributed by atoms with Crippen LogP contribution in [0.3, 0.4) is 0 Å². The molecule has 34 heavy (non-hydrogen) atoms. The van der Waals surface area contributed by atoms with Gasteiger partial charge in [0.15, 0.2) is 18.1 Å². The van der Waals surface area contributed by atoms with Crippen molar-refractivity contribution >= 4 is 11.8 Å². The van der Waals surface area contributed by atoms with E-state index in [9.17, 15) is 14.0 Å². The minimum atomic E-state index is -0.645. The maximum absolute atomic E-state index is 13.3. The van der Waals surface area contributed by atoms with Crippen LogP contribution < -0.4 is 0 Å². The minimum absolute atomic E-state index is 0.202. The van der Waals surface area contributed by atoms with Gasteiger partial charge in [0.05, 0.1) is 5.69 Å². The van der Waals surface area contributed by atoms with Gasteiger partial charge < -0.3 is 9.26 Å². The number of benzene rings is 1. The van der Waals surface area contributed by atoms with E-state index in [0.717, 1.165) is 29.8 Å². The van der Waals surface area contributed by atoms with Crippen LogP contribution in [0.2, 0.25) is 0 Å². The monoisotopic (exact) mass is 462 g/mol. The summed E-state index contributed by atoms with van der Waals surface area (Å²) in [5.74, 6) is -0.0538. The molecule has 0 N–H and O–H groups in total. The average Bonchev–Trinajstić information content (AvgIpc) is 3.57. The number of Topliss-reactive ketones (excluding diaryl/α,β-unsaturated/α-hetero) is 1. The number of aromatic nitrogens is 4. The number of hydrogen-bond acceptors (Lipinski definition) is 6. The molecule has 0 spiro atoms. The van der Waals surface area contributed by atoms with E-state index in [0.29, 0.717) is 34.9 Å². The van der Waals surface area contributed by atoms with Gasteiger partial charge in [-0.25, -0.2) is 13.9 Å². The van der Waals surface area contributed by atoms with Crippen LogP contribution in [-0.2, 0) is 17.6 Å². The molecular formula is C25H23FN4O4. The van der Waals surface area contributed by atoms with Crippen LogP contribution in [-0.4, -0.2) is 37.9 Å². The second-order valence-electron chi connectivity index (χ2n) is 8.43. The molecule has 0 saturated heterocycles. The number of esters is 1. The maximum atomic E-state index is 13.3. The highest BCUT2D eigenvalue weighted by molar-refractivity contribution is 6.00. The fourth-order valence-electron chi connectivity index (χ4n) is 4.53. The number of nitrogens with zero attached hydrogens (tertiary/aromatic N) is 4. The third-order valence-electron chi connectivity index (χ3n) is 6.11. The Kier molecular flexibility index (Phi) is 5.39. The van der Waals surface area contributed by atoms with Gasteiger partial charge in [-0.15, -0.1) is 0 Å². The number of fused-ring (bicyclic) bond motifs is 1. The standard InChI is InChI=1S/C25H23FN4O4/c1-14-11-20(16(3)29(14)23-12-15(2)34-28-23)22(31)13-33-25(32)24-19-5-4-6-21(19)30(27-24)18-9-7-17(26)8-10-18/h7-12H,4-6,13H2,1-3H3. The van der Waals surface area contributed by atoms with E-state index in [1.54, 1.807) is 35.9 Å². The van der Waals surface area contributed by atoms with Crippen LogP contribution in [0, 0.1) is 26.6 Å². The third kappa shape index (κ3) is 3.72. The largest absolute Gasteiger partial charge is 0.453 e. The topological polar surface area (TPSA) is 92.2 Å². The van der Waals surface area contributed by atoms with Crippen molar-refractivity contribution in [2.24, 2.45) is 0 Å². The molecule has 0 saturated carbocycles. The molecule has 0 atom stereocenters. The van der Waals surface area contributed by atoms with Gasteiger partial charge in [0.2, 0.25) is 5.78 Å². The number of hydrogen-bond donors (Lipinski definition) is 0. The molecule has 5 rings (SSSR count). The van der Waals surface area contributed by atoms with E-state index >= 15 is 0 Å². The number of ether oxygens (including phenoxy) is 1. The van der Waals surface area contributed by atoms with E-state index in [4.69, 9.17) is 9.26 Å². The van der Waals surface area contributed by atoms with Crippen LogP contribution in [0.4, 0.5) is 4.39 Å². The lowest BCUT2D eigenvalue weighted by atomic mass is 10.1. The molecule has 0 radical (unpaired) electrons. The molecule has 3 aromatic heterocycles. The summed E-state index contributed by atoms with van der Waals surface area (Å²) in [6.45, 7) is 5.07. The maximum Gasteiger partial charge on any atom is 0.359 e. The molecule has 0 amide bonds. The molecule has 0 fully saturated rings. The Labute approximate surface area is 194 Å². The Morgan fingerprint density at radius 2 is 1.88 bits per heavy atom. The van der Waals surface area contributed by atoms with Crippen molar-refractivity contribution in [1.82, 2.24) is 19.5 Å². The highest BCUT2D eigenvalue weighted by Gasteiger charge is 2.29. The summed E-state index contributed by atoms with van der Waals surface area (Å²) in [4.78, 5) is 25.8. The molecule has 0 bridgehead atoms. The van der Waals surface area contributed by atoms with Crippen molar-refractivity contribution in [3.8, 4) is 11.5 Å². The average molecular weight is 462 g/mol. The molecule has 1 aromatic carbocycles. The predicted octanol–water partition coefficient (Wildman–Crippen LogP) is 4.24. The summed E-state index contributed by atoms with van der Waals surface area (Å²) in [6.07, 6.45) is 2.35. The van der Waals surface area contributed by atoms with Crippen LogP contribution in [0.5, 0.6) is 0 Å². The number of aryl methyl sites for hydroxylation is 2. The van der Waals surface area contributed by atoms with Gasteiger partial charge in [-0.05, 0) is 70.4 Å². The second-order valence-corrected chi connectivity index (χ2v) is 8.43. The van der Waals surface area contributed by atoms with Gasteiger partial charge in [-0.1, -0.05) is 5.16 Å². The zero-order chi connectivity index (χ0) is 24.0. The van der Waals surface area contributed by atoms with Gasteiger partial charge in [0.1, 0.15) is 11.6 Å². The van der Waals surface area contributed by atoms with Crippen molar-refractivity contribution in [3.63, 3.8) is 0 Å². The van der Waals surface area contributed by atoms with Gasteiger partial charge in [-0.2, -0.15) is 5.10 Å². The molecule has 0 aliphatic heterocycles. The van der Waals surface area contributed by atoms with Crippen LogP contribution in [0.15, 0.2) is 40.9 Å². The summed E-state index contributed by atoms with van der Waals surface area (Å²) >= 11 is 0. The van der Waals surface area contributed by atoms with Gasteiger partial charge in [0.25, 0.3) is 0 Å². The molecule has 4 aromatic rings. The molecule has 8 nitrogen and oxygen atoms in total. The highest BCUT2D eigenvalue weighted by atomic mass is 19.1. The smallest absolute Gasteiger partial charge is 0.359 e. The number of carbonyl (C=O) groups excluding carboxylic acids is 2. The normalized spacial score (nSPS) is 12.7. The van der Waals surface area contributed by atoms with Crippen LogP contribution in [0.25, 0.3) is 11.5 Å². The van der Waals surface area contributed by atoms with E-state index in [2.05, 4.69) is 10.3 Å². The Morgan fingerprint density at radius 3 is 2.59 bits per heavy atom. The lowest BCUT2D eigenvalue weighted by molar-refractivity contribution is 0.0467. The number of rotatable bonds is 6. The first-order valence-electron chi connectivity index (χ1n) is 11.0. The van der Waals surface area contributed by atoms with Crippen molar-refractivity contribution in [3.05, 3.63) is 81.9 Å². The number of carbonyl (C=O) groups is 2. The lowest BCUT2D eigenvalue weighted by Crippen LogP contribution is -2.16. The molecule has 3 heterocycles. The Hall–Kier alpha value is -4.01. The molecule has 1 aliphatic carbocycles. The Bertz CT molecular complexity index is 1410. The van der Waals surface area contributed by atoms with Crippen molar-refractivity contribution < 1.29 is 23.2 Å². The number of halogens is 1. The molecule has 1 aliphatic rings. The van der Waals surface area contributed by atoms with Crippen LogP contribution in [0.1, 0.15) is 55.7 Å². The summed E-state index contributed by atoms with van der Waals surface area (Å²) in [6, 6.07) is 9.47. The van der Waals surface area contributed by atoms with Gasteiger partial charge >= 0.3 is 5.97 Å².